The number of carbonyl (C=O) groups excluding carboxylic acids is 2. The van der Waals surface area contributed by atoms with Crippen LogP contribution >= 0.6 is 0 Å². The monoisotopic (exact) mass is 634 g/mol. The Morgan fingerprint density at radius 2 is 1.93 bits per heavy atom. The molecule has 13 atom stereocenters. The van der Waals surface area contributed by atoms with Gasteiger partial charge in [-0.2, -0.15) is 0 Å². The van der Waals surface area contributed by atoms with E-state index in [1.165, 1.54) is 6.92 Å². The molecule has 5 rings (SSSR count). The number of aliphatic hydroxyl groups is 3. The minimum atomic E-state index is -1.60. The lowest BCUT2D eigenvalue weighted by Crippen LogP contribution is -2.57. The van der Waals surface area contributed by atoms with Crippen LogP contribution < -0.4 is 0 Å². The normalized spacial score (nSPS) is 43.5. The molecule has 0 aromatic carbocycles. The Morgan fingerprint density at radius 3 is 2.60 bits per heavy atom. The first-order chi connectivity index (χ1) is 21.4. The van der Waals surface area contributed by atoms with Crippen LogP contribution in [0.15, 0.2) is 23.3 Å². The number of aldehydes is 1. The zero-order valence-corrected chi connectivity index (χ0v) is 26.8. The van der Waals surface area contributed by atoms with E-state index >= 15 is 0 Å². The van der Waals surface area contributed by atoms with E-state index in [1.54, 1.807) is 0 Å². The van der Waals surface area contributed by atoms with Crippen LogP contribution in [-0.2, 0) is 33.3 Å². The smallest absolute Gasteiger partial charge is 0.335 e. The SMILES string of the molecule is CCCC1O[C@@H]2C[C@@H]([C@@H]3CCC4=C(C=O)CC=C[C@]4(C)[C@H]3[C@@H](O)CCC)C[C@]2(C(=O)CO[C@@H]2O[C@H](C(=O)O)[C@@H](O)[C@H](C)[C@H]2O)O1. The number of fused-ring (bicyclic) bond motifs is 2. The number of rotatable bonds is 12. The molecule has 2 saturated carbocycles. The summed E-state index contributed by atoms with van der Waals surface area (Å²) in [6.45, 7) is 7.19. The van der Waals surface area contributed by atoms with Crippen LogP contribution in [-0.4, -0.2) is 93.8 Å². The van der Waals surface area contributed by atoms with Crippen LogP contribution in [0.25, 0.3) is 0 Å². The van der Waals surface area contributed by atoms with E-state index in [9.17, 15) is 34.8 Å². The molecular formula is C34H50O11. The molecular weight excluding hydrogens is 584 g/mol. The van der Waals surface area contributed by atoms with E-state index in [4.69, 9.17) is 18.9 Å². The van der Waals surface area contributed by atoms with Crippen LogP contribution in [0.1, 0.15) is 85.5 Å². The molecule has 0 radical (unpaired) electrons. The van der Waals surface area contributed by atoms with Crippen molar-refractivity contribution in [3.8, 4) is 0 Å². The number of ether oxygens (including phenoxy) is 4. The molecule has 4 N–H and O–H groups in total. The number of carbonyl (C=O) groups is 3. The Bertz CT molecular complexity index is 1180. The first kappa shape index (κ1) is 34.3. The van der Waals surface area contributed by atoms with Crippen molar-refractivity contribution in [1.82, 2.24) is 0 Å². The van der Waals surface area contributed by atoms with Gasteiger partial charge in [0.2, 0.25) is 0 Å². The van der Waals surface area contributed by atoms with E-state index in [0.29, 0.717) is 32.1 Å². The highest BCUT2D eigenvalue weighted by molar-refractivity contribution is 5.90. The summed E-state index contributed by atoms with van der Waals surface area (Å²) in [7, 11) is 0. The molecule has 2 aliphatic heterocycles. The second-order valence-electron chi connectivity index (χ2n) is 14.0. The molecule has 0 amide bonds. The maximum Gasteiger partial charge on any atom is 0.335 e. The highest BCUT2D eigenvalue weighted by atomic mass is 16.7. The molecule has 5 aliphatic rings. The molecule has 2 saturated heterocycles. The molecule has 3 aliphatic carbocycles. The third kappa shape index (κ3) is 6.10. The van der Waals surface area contributed by atoms with Crippen molar-refractivity contribution in [1.29, 1.82) is 0 Å². The third-order valence-electron chi connectivity index (χ3n) is 11.3. The topological polar surface area (TPSA) is 169 Å². The van der Waals surface area contributed by atoms with E-state index in [2.05, 4.69) is 13.0 Å². The fourth-order valence-electron chi connectivity index (χ4n) is 8.99. The Balaban J connectivity index is 1.39. The van der Waals surface area contributed by atoms with Crippen molar-refractivity contribution < 1.29 is 53.8 Å². The van der Waals surface area contributed by atoms with Crippen molar-refractivity contribution in [2.24, 2.45) is 29.1 Å². The number of allylic oxidation sites excluding steroid dienone is 4. The standard InChI is InChI=1S/C34H50O11/c1-5-8-23(36)27-21(11-12-22-19(16-35)10-7-13-33(22,27)4)20-14-25-34(15-20,45-26(43-25)9-6-2)24(37)17-42-32-29(39)18(3)28(38)30(44-32)31(40)41/h7,13,16,18,20-21,23,25-30,32,36,38-39H,5-6,8-12,14-15,17H2,1-4H3,(H,40,41)/t18-,20+,21-,23-,25+,26?,27+,28-,29+,30-,32+,33-,34+/m0/s1. The lowest BCUT2D eigenvalue weighted by atomic mass is 9.53. The third-order valence-corrected chi connectivity index (χ3v) is 11.3. The van der Waals surface area contributed by atoms with Crippen LogP contribution in [0, 0.1) is 29.1 Å². The number of aliphatic hydroxyl groups excluding tert-OH is 3. The second-order valence-corrected chi connectivity index (χ2v) is 14.0. The summed E-state index contributed by atoms with van der Waals surface area (Å²) < 4.78 is 23.9. The van der Waals surface area contributed by atoms with Gasteiger partial charge in [-0.1, -0.05) is 58.3 Å². The lowest BCUT2D eigenvalue weighted by molar-refractivity contribution is -0.279. The number of hydrogen-bond acceptors (Lipinski definition) is 10. The summed E-state index contributed by atoms with van der Waals surface area (Å²) in [5.74, 6) is -2.73. The summed E-state index contributed by atoms with van der Waals surface area (Å²) in [6, 6.07) is 0. The van der Waals surface area contributed by atoms with Gasteiger partial charge in [-0.3, -0.25) is 9.59 Å². The number of carboxylic acids is 1. The molecule has 11 nitrogen and oxygen atoms in total. The maximum atomic E-state index is 14.1. The summed E-state index contributed by atoms with van der Waals surface area (Å²) >= 11 is 0. The van der Waals surface area contributed by atoms with Crippen molar-refractivity contribution >= 4 is 18.0 Å². The van der Waals surface area contributed by atoms with Crippen molar-refractivity contribution in [3.05, 3.63) is 23.3 Å². The average Bonchev–Trinajstić information content (AvgIpc) is 3.53. The molecule has 0 aromatic rings. The fraction of sp³-hybridized carbons (Fsp3) is 0.794. The average molecular weight is 635 g/mol. The maximum absolute atomic E-state index is 14.1. The minimum absolute atomic E-state index is 0.00510. The van der Waals surface area contributed by atoms with Crippen LogP contribution in [0.4, 0.5) is 0 Å². The molecule has 0 aromatic heterocycles. The van der Waals surface area contributed by atoms with E-state index in [0.717, 1.165) is 43.1 Å². The molecule has 45 heavy (non-hydrogen) atoms. The number of carboxylic acid groups (broad SMARTS) is 1. The van der Waals surface area contributed by atoms with Crippen LogP contribution in [0.5, 0.6) is 0 Å². The van der Waals surface area contributed by atoms with Crippen molar-refractivity contribution in [2.75, 3.05) is 6.61 Å². The first-order valence-electron chi connectivity index (χ1n) is 16.7. The summed E-state index contributed by atoms with van der Waals surface area (Å²) in [5.41, 5.74) is 0.129. The zero-order chi connectivity index (χ0) is 32.7. The van der Waals surface area contributed by atoms with Crippen molar-refractivity contribution in [2.45, 2.75) is 134 Å². The minimum Gasteiger partial charge on any atom is -0.479 e. The zero-order valence-electron chi connectivity index (χ0n) is 26.8. The van der Waals surface area contributed by atoms with Crippen LogP contribution in [0.2, 0.25) is 0 Å². The van der Waals surface area contributed by atoms with E-state index in [1.807, 2.05) is 19.9 Å². The highest BCUT2D eigenvalue weighted by Crippen LogP contribution is 2.59. The molecule has 1 unspecified atom stereocenters. The Morgan fingerprint density at radius 1 is 1.18 bits per heavy atom. The number of aliphatic carboxylic acids is 1. The molecule has 2 heterocycles. The lowest BCUT2D eigenvalue weighted by Gasteiger charge is -2.52. The largest absolute Gasteiger partial charge is 0.479 e. The van der Waals surface area contributed by atoms with Crippen LogP contribution in [0.3, 0.4) is 0 Å². The van der Waals surface area contributed by atoms with E-state index < -0.39 is 72.6 Å². The van der Waals surface area contributed by atoms with Gasteiger partial charge in [0.15, 0.2) is 30.1 Å². The van der Waals surface area contributed by atoms with E-state index in [-0.39, 0.29) is 23.5 Å². The summed E-state index contributed by atoms with van der Waals surface area (Å²) in [5, 5.41) is 42.0. The van der Waals surface area contributed by atoms with Gasteiger partial charge in [-0.05, 0) is 62.4 Å². The summed E-state index contributed by atoms with van der Waals surface area (Å²) in [4.78, 5) is 37.7. The second kappa shape index (κ2) is 13.6. The fourth-order valence-corrected chi connectivity index (χ4v) is 8.99. The predicted molar refractivity (Wildman–Crippen MR) is 161 cm³/mol. The van der Waals surface area contributed by atoms with Gasteiger partial charge >= 0.3 is 5.97 Å². The molecule has 0 spiro atoms. The van der Waals surface area contributed by atoms with Gasteiger partial charge < -0.3 is 39.4 Å². The van der Waals surface area contributed by atoms with Gasteiger partial charge in [-0.15, -0.1) is 0 Å². The Kier molecular flexibility index (Phi) is 10.4. The predicted octanol–water partition coefficient (Wildman–Crippen LogP) is 3.08. The molecule has 252 valence electrons. The Hall–Kier alpha value is -1.99. The quantitative estimate of drug-likeness (QED) is 0.184. The van der Waals surface area contributed by atoms with Gasteiger partial charge in [0, 0.05) is 17.3 Å². The Labute approximate surface area is 264 Å². The molecule has 11 heteroatoms. The number of Topliss-reactive ketones (excluding diaryl/α,β-unsaturated/α-hetero) is 1. The first-order valence-corrected chi connectivity index (χ1v) is 16.7. The number of ketones is 1. The highest BCUT2D eigenvalue weighted by Gasteiger charge is 2.63. The summed E-state index contributed by atoms with van der Waals surface area (Å²) in [6.07, 6.45) is 3.61. The van der Waals surface area contributed by atoms with Crippen molar-refractivity contribution in [3.63, 3.8) is 0 Å². The van der Waals surface area contributed by atoms with Gasteiger partial charge in [0.25, 0.3) is 0 Å². The number of hydrogen-bond donors (Lipinski definition) is 4. The van der Waals surface area contributed by atoms with Gasteiger partial charge in [0.05, 0.1) is 18.3 Å². The van der Waals surface area contributed by atoms with Gasteiger partial charge in [-0.25, -0.2) is 4.79 Å². The van der Waals surface area contributed by atoms with Gasteiger partial charge in [0.1, 0.15) is 19.0 Å². The molecule has 4 fully saturated rings. The molecule has 0 bridgehead atoms.